The molecule has 0 aliphatic carbocycles. The average molecular weight is 457 g/mol. The number of ether oxygens (including phenoxy) is 1. The molecule has 5 rings (SSSR count). The fourth-order valence-corrected chi connectivity index (χ4v) is 4.54. The largest absolute Gasteiger partial charge is 0.492 e. The van der Waals surface area contributed by atoms with Crippen LogP contribution in [0.5, 0.6) is 5.75 Å². The molecule has 0 bridgehead atoms. The van der Waals surface area contributed by atoms with Crippen LogP contribution < -0.4 is 15.1 Å². The first-order chi connectivity index (χ1) is 16.6. The van der Waals surface area contributed by atoms with Crippen LogP contribution in [-0.4, -0.2) is 44.5 Å². The minimum absolute atomic E-state index is 0.0625. The Morgan fingerprint density at radius 2 is 2.18 bits per heavy atom. The Morgan fingerprint density at radius 1 is 1.29 bits per heavy atom. The van der Waals surface area contributed by atoms with Crippen molar-refractivity contribution in [3.8, 4) is 23.2 Å². The number of nitrogens with one attached hydrogen (secondary N) is 1. The third-order valence-electron chi connectivity index (χ3n) is 6.21. The number of fused-ring (bicyclic) bond motifs is 1. The summed E-state index contributed by atoms with van der Waals surface area (Å²) in [6, 6.07) is 10.5. The molecule has 0 saturated carbocycles. The van der Waals surface area contributed by atoms with Crippen molar-refractivity contribution >= 4 is 17.6 Å². The molecule has 3 aromatic rings. The van der Waals surface area contributed by atoms with Crippen molar-refractivity contribution in [2.24, 2.45) is 13.0 Å². The molecule has 174 valence electrons. The lowest BCUT2D eigenvalue weighted by atomic mass is 10.0. The maximum absolute atomic E-state index is 9.35. The number of aryl methyl sites for hydroxylation is 2. The number of rotatable bonds is 6. The second-order valence-electron chi connectivity index (χ2n) is 8.68. The summed E-state index contributed by atoms with van der Waals surface area (Å²) in [4.78, 5) is 7.11. The normalized spacial score (nSPS) is 16.9. The highest BCUT2D eigenvalue weighted by Crippen LogP contribution is 2.34. The van der Waals surface area contributed by atoms with Crippen LogP contribution in [0.1, 0.15) is 30.2 Å². The Kier molecular flexibility index (Phi) is 5.80. The molecule has 2 aliphatic rings. The molecule has 1 saturated heterocycles. The zero-order valence-corrected chi connectivity index (χ0v) is 19.7. The fraction of sp³-hybridized carbons (Fsp3) is 0.360. The smallest absolute Gasteiger partial charge is 0.163 e. The molecule has 1 aromatic carbocycles. The predicted octanol–water partition coefficient (Wildman–Crippen LogP) is 3.75. The van der Waals surface area contributed by atoms with Crippen molar-refractivity contribution in [3.63, 3.8) is 0 Å². The van der Waals surface area contributed by atoms with E-state index in [1.807, 2.05) is 54.9 Å². The van der Waals surface area contributed by atoms with Crippen LogP contribution in [0.2, 0.25) is 0 Å². The van der Waals surface area contributed by atoms with Crippen LogP contribution in [0.25, 0.3) is 17.5 Å². The van der Waals surface area contributed by atoms with Crippen molar-refractivity contribution in [1.29, 1.82) is 5.26 Å². The molecule has 1 fully saturated rings. The Balaban J connectivity index is 1.41. The number of nitriles is 1. The topological polar surface area (TPSA) is 95.1 Å². The van der Waals surface area contributed by atoms with Crippen molar-refractivity contribution in [2.45, 2.75) is 26.8 Å². The molecule has 9 heteroatoms. The summed E-state index contributed by atoms with van der Waals surface area (Å²) in [6.07, 6.45) is 6.72. The van der Waals surface area contributed by atoms with E-state index in [-0.39, 0.29) is 5.92 Å². The summed E-state index contributed by atoms with van der Waals surface area (Å²) in [5.41, 5.74) is 8.62. The van der Waals surface area contributed by atoms with E-state index in [0.29, 0.717) is 13.2 Å². The summed E-state index contributed by atoms with van der Waals surface area (Å²) in [5, 5.41) is 19.6. The highest BCUT2D eigenvalue weighted by molar-refractivity contribution is 5.69. The number of nitrogens with zero attached hydrogens (tertiary/aromatic N) is 7. The van der Waals surface area contributed by atoms with Gasteiger partial charge in [-0.2, -0.15) is 5.26 Å². The van der Waals surface area contributed by atoms with E-state index in [2.05, 4.69) is 38.7 Å². The van der Waals surface area contributed by atoms with Crippen LogP contribution >= 0.6 is 0 Å². The standard InChI is InChI=1S/C25H28N8O/c1-4-34-23-12-20(24-29-27-16-31(24)3)5-6-22(23)30-33-10-8-19-11-17(2)28-25(21(19)15-33)32-9-7-18(13-26)14-32/h5-6,8,10-12,16,18,30H,4,7,9,14-15H2,1-3H3. The zero-order chi connectivity index (χ0) is 23.7. The van der Waals surface area contributed by atoms with Gasteiger partial charge in [0.2, 0.25) is 0 Å². The fourth-order valence-electron chi connectivity index (χ4n) is 4.54. The van der Waals surface area contributed by atoms with Gasteiger partial charge < -0.3 is 14.2 Å². The van der Waals surface area contributed by atoms with Gasteiger partial charge in [0.15, 0.2) is 5.82 Å². The maximum atomic E-state index is 9.35. The highest BCUT2D eigenvalue weighted by atomic mass is 16.5. The first-order valence-corrected chi connectivity index (χ1v) is 11.5. The lowest BCUT2D eigenvalue weighted by Crippen LogP contribution is -2.30. The van der Waals surface area contributed by atoms with Gasteiger partial charge in [-0.1, -0.05) is 0 Å². The Labute approximate surface area is 199 Å². The van der Waals surface area contributed by atoms with E-state index in [0.717, 1.165) is 59.4 Å². The van der Waals surface area contributed by atoms with Crippen molar-refractivity contribution in [3.05, 3.63) is 53.6 Å². The molecule has 34 heavy (non-hydrogen) atoms. The number of pyridine rings is 1. The van der Waals surface area contributed by atoms with E-state index in [1.54, 1.807) is 6.33 Å². The van der Waals surface area contributed by atoms with Crippen LogP contribution in [0.3, 0.4) is 0 Å². The number of benzene rings is 1. The number of hydrogen-bond acceptors (Lipinski definition) is 8. The molecular weight excluding hydrogens is 428 g/mol. The molecule has 0 amide bonds. The van der Waals surface area contributed by atoms with E-state index < -0.39 is 0 Å². The van der Waals surface area contributed by atoms with E-state index in [4.69, 9.17) is 9.72 Å². The summed E-state index contributed by atoms with van der Waals surface area (Å²) >= 11 is 0. The Hall–Kier alpha value is -4.06. The molecule has 9 nitrogen and oxygen atoms in total. The molecule has 1 atom stereocenters. The summed E-state index contributed by atoms with van der Waals surface area (Å²) < 4.78 is 7.83. The summed E-state index contributed by atoms with van der Waals surface area (Å²) in [6.45, 7) is 6.79. The predicted molar refractivity (Wildman–Crippen MR) is 131 cm³/mol. The lowest BCUT2D eigenvalue weighted by molar-refractivity contribution is 0.338. The van der Waals surface area contributed by atoms with E-state index >= 15 is 0 Å². The number of hydrazine groups is 1. The quantitative estimate of drug-likeness (QED) is 0.599. The van der Waals surface area contributed by atoms with Gasteiger partial charge in [-0.3, -0.25) is 10.4 Å². The molecular formula is C25H28N8O. The first-order valence-electron chi connectivity index (χ1n) is 11.5. The third-order valence-corrected chi connectivity index (χ3v) is 6.21. The van der Waals surface area contributed by atoms with Gasteiger partial charge in [0.25, 0.3) is 0 Å². The van der Waals surface area contributed by atoms with Crippen molar-refractivity contribution in [2.75, 3.05) is 30.0 Å². The van der Waals surface area contributed by atoms with Crippen molar-refractivity contribution in [1.82, 2.24) is 24.8 Å². The van der Waals surface area contributed by atoms with Gasteiger partial charge in [0.05, 0.1) is 30.8 Å². The van der Waals surface area contributed by atoms with E-state index in [1.165, 1.54) is 5.56 Å². The molecule has 2 aliphatic heterocycles. The highest BCUT2D eigenvalue weighted by Gasteiger charge is 2.27. The molecule has 4 heterocycles. The molecule has 1 unspecified atom stereocenters. The third kappa shape index (κ3) is 4.15. The number of aromatic nitrogens is 4. The summed E-state index contributed by atoms with van der Waals surface area (Å²) in [7, 11) is 1.92. The monoisotopic (exact) mass is 456 g/mol. The number of hydrogen-bond donors (Lipinski definition) is 1. The summed E-state index contributed by atoms with van der Waals surface area (Å²) in [5.74, 6) is 2.58. The SMILES string of the molecule is CCOc1cc(-c2nncn2C)ccc1NN1C=Cc2cc(C)nc(N3CCC(C#N)C3)c2C1. The van der Waals surface area contributed by atoms with Gasteiger partial charge in [0.1, 0.15) is 17.9 Å². The van der Waals surface area contributed by atoms with Gasteiger partial charge >= 0.3 is 0 Å². The molecule has 2 aromatic heterocycles. The maximum Gasteiger partial charge on any atom is 0.163 e. The minimum atomic E-state index is 0.0625. The second-order valence-corrected chi connectivity index (χ2v) is 8.68. The van der Waals surface area contributed by atoms with Crippen LogP contribution in [0.15, 0.2) is 36.8 Å². The number of anilines is 2. The molecule has 0 spiro atoms. The van der Waals surface area contributed by atoms with Crippen molar-refractivity contribution < 1.29 is 4.74 Å². The Morgan fingerprint density at radius 3 is 2.91 bits per heavy atom. The molecule has 1 N–H and O–H groups in total. The van der Waals surface area contributed by atoms with Gasteiger partial charge in [-0.25, -0.2) is 4.98 Å². The first kappa shape index (κ1) is 21.8. The van der Waals surface area contributed by atoms with Crippen LogP contribution in [0, 0.1) is 24.2 Å². The zero-order valence-electron chi connectivity index (χ0n) is 19.7. The van der Waals surface area contributed by atoms with Crippen LogP contribution in [-0.2, 0) is 13.6 Å². The minimum Gasteiger partial charge on any atom is -0.492 e. The van der Waals surface area contributed by atoms with Crippen LogP contribution in [0.4, 0.5) is 11.5 Å². The second kappa shape index (κ2) is 9.06. The van der Waals surface area contributed by atoms with Gasteiger partial charge in [-0.15, -0.1) is 10.2 Å². The lowest BCUT2D eigenvalue weighted by Gasteiger charge is -2.31. The molecule has 0 radical (unpaired) electrons. The Bertz CT molecular complexity index is 1270. The van der Waals surface area contributed by atoms with Gasteiger partial charge in [-0.05, 0) is 56.2 Å². The van der Waals surface area contributed by atoms with E-state index in [9.17, 15) is 5.26 Å². The van der Waals surface area contributed by atoms with Gasteiger partial charge in [0, 0.05) is 43.2 Å². The average Bonchev–Trinajstić information content (AvgIpc) is 3.49.